The predicted octanol–water partition coefficient (Wildman–Crippen LogP) is 6.81. The van der Waals surface area contributed by atoms with E-state index >= 15 is 0 Å². The first kappa shape index (κ1) is 47.2. The van der Waals surface area contributed by atoms with E-state index in [-0.39, 0.29) is 36.0 Å². The van der Waals surface area contributed by atoms with Crippen LogP contribution in [-0.4, -0.2) is 141 Å². The first-order chi connectivity index (χ1) is 32.6. The van der Waals surface area contributed by atoms with Crippen molar-refractivity contribution >= 4 is 46.0 Å². The van der Waals surface area contributed by atoms with Gasteiger partial charge < -0.3 is 44.3 Å². The van der Waals surface area contributed by atoms with Gasteiger partial charge in [0.05, 0.1) is 23.6 Å². The Hall–Kier alpha value is -6.32. The molecule has 6 aliphatic heterocycles. The Labute approximate surface area is 394 Å². The number of carbonyl (C=O) groups excluding carboxylic acids is 1. The minimum atomic E-state index is -0.992. The second-order valence-corrected chi connectivity index (χ2v) is 18.3. The van der Waals surface area contributed by atoms with Crippen molar-refractivity contribution in [3.63, 3.8) is 0 Å². The lowest BCUT2D eigenvalue weighted by Gasteiger charge is -2.37. The molecule has 2 N–H and O–H groups in total. The highest BCUT2D eigenvalue weighted by Gasteiger charge is 2.34. The van der Waals surface area contributed by atoms with E-state index in [1.165, 1.54) is 23.2 Å². The fourth-order valence-corrected chi connectivity index (χ4v) is 9.32. The Morgan fingerprint density at radius 3 is 1.61 bits per heavy atom. The van der Waals surface area contributed by atoms with Crippen LogP contribution in [0.4, 0.5) is 22.7 Å². The van der Waals surface area contributed by atoms with Gasteiger partial charge in [0.25, 0.3) is 5.91 Å². The van der Waals surface area contributed by atoms with Crippen molar-refractivity contribution in [3.8, 4) is 11.5 Å². The highest BCUT2D eigenvalue weighted by atomic mass is 16.6. The smallest absolute Gasteiger partial charge is 0.353 e. The van der Waals surface area contributed by atoms with Crippen LogP contribution < -0.4 is 29.5 Å². The van der Waals surface area contributed by atoms with E-state index < -0.39 is 5.97 Å². The number of aliphatic carboxylic acids is 1. The van der Waals surface area contributed by atoms with Gasteiger partial charge in [-0.05, 0) is 88.1 Å². The molecule has 2 unspecified atom stereocenters. The Morgan fingerprint density at radius 2 is 1.09 bits per heavy atom. The van der Waals surface area contributed by atoms with E-state index in [0.29, 0.717) is 31.6 Å². The van der Waals surface area contributed by atoms with Crippen LogP contribution in [0, 0.1) is 0 Å². The van der Waals surface area contributed by atoms with Gasteiger partial charge in [-0.2, -0.15) is 0 Å². The molecule has 0 bridgehead atoms. The van der Waals surface area contributed by atoms with Gasteiger partial charge in [0.1, 0.15) is 29.4 Å². The highest BCUT2D eigenvalue weighted by Crippen LogP contribution is 2.32. The number of anilines is 4. The maximum atomic E-state index is 13.0. The van der Waals surface area contributed by atoms with Gasteiger partial charge in [-0.3, -0.25) is 14.6 Å². The fourth-order valence-electron chi connectivity index (χ4n) is 9.32. The first-order valence-corrected chi connectivity index (χ1v) is 23.9. The van der Waals surface area contributed by atoms with E-state index in [1.807, 2.05) is 67.3 Å². The molecule has 2 atom stereocenters. The van der Waals surface area contributed by atoms with Crippen LogP contribution in [0.3, 0.4) is 0 Å². The van der Waals surface area contributed by atoms with Crippen molar-refractivity contribution < 1.29 is 33.8 Å². The minimum Gasteiger partial charge on any atom is -0.489 e. The summed E-state index contributed by atoms with van der Waals surface area (Å²) in [6.07, 6.45) is 3.11. The number of fused-ring (bicyclic) bond motifs is 2. The lowest BCUT2D eigenvalue weighted by Crippen LogP contribution is -2.48. The third-order valence-corrected chi connectivity index (χ3v) is 12.6. The number of ether oxygens (including phenoxy) is 2. The molecule has 0 spiro atoms. The number of carboxylic acid groups (broad SMARTS) is 1. The summed E-state index contributed by atoms with van der Waals surface area (Å²) in [4.78, 5) is 46.1. The molecule has 0 aliphatic carbocycles. The molecule has 4 aromatic carbocycles. The monoisotopic (exact) mass is 915 g/mol. The Kier molecular flexibility index (Phi) is 15.8. The number of oxime groups is 2. The standard InChI is InChI=1S/C26H32N4O3.C18H25N3O4.C8H9N/c1-19(2)32-25-10-6-5-9-24(25)29-15-13-28(14-16-29)18-21-17-22(27-33-21)26(31)30-12-11-20-7-3-4-8-23(20)30;1-13(2)24-17-6-4-3-5-16(17)21-9-7-20(8-10-21)12-14-11-15(18(22)23)19-25-14;1-2-4-8-7(3-1)5-6-9-8/h3-10,19,21H,11-18H2,1-2H3;3-6,13-14H,7-12H2,1-2H3,(H,22,23);1-4,9H,5-6H2. The zero-order valence-electron chi connectivity index (χ0n) is 39.4. The quantitative estimate of drug-likeness (QED) is 0.154. The number of amides is 1. The van der Waals surface area contributed by atoms with Crippen LogP contribution >= 0.6 is 0 Å². The lowest BCUT2D eigenvalue weighted by atomic mass is 10.1. The molecule has 2 saturated heterocycles. The molecule has 356 valence electrons. The maximum Gasteiger partial charge on any atom is 0.353 e. The summed E-state index contributed by atoms with van der Waals surface area (Å²) >= 11 is 0. The number of rotatable bonds is 12. The average molecular weight is 915 g/mol. The van der Waals surface area contributed by atoms with Gasteiger partial charge in [0.2, 0.25) is 0 Å². The lowest BCUT2D eigenvalue weighted by molar-refractivity contribution is -0.129. The molecular weight excluding hydrogens is 849 g/mol. The summed E-state index contributed by atoms with van der Waals surface area (Å²) in [6.45, 7) is 18.8. The summed E-state index contributed by atoms with van der Waals surface area (Å²) in [5.41, 5.74) is 7.94. The van der Waals surface area contributed by atoms with Gasteiger partial charge in [-0.25, -0.2) is 4.79 Å². The normalized spacial score (nSPS) is 20.0. The summed E-state index contributed by atoms with van der Waals surface area (Å²) < 4.78 is 11.9. The van der Waals surface area contributed by atoms with E-state index in [0.717, 1.165) is 100 Å². The molecule has 15 nitrogen and oxygen atoms in total. The third kappa shape index (κ3) is 12.4. The largest absolute Gasteiger partial charge is 0.489 e. The van der Waals surface area contributed by atoms with E-state index in [4.69, 9.17) is 24.3 Å². The molecule has 67 heavy (non-hydrogen) atoms. The molecular formula is C52H66N8O7. The third-order valence-electron chi connectivity index (χ3n) is 12.6. The van der Waals surface area contributed by atoms with Gasteiger partial charge in [0.15, 0.2) is 5.71 Å². The van der Waals surface area contributed by atoms with Crippen molar-refractivity contribution in [1.82, 2.24) is 9.80 Å². The molecule has 0 aromatic heterocycles. The SMILES string of the molecule is CC(C)Oc1ccccc1N1CCN(CC2CC(C(=O)N3CCc4ccccc43)=NO2)CC1.CC(C)Oc1ccccc1N1CCN(CC2CC(C(=O)O)=NO2)CC1.c1ccc2c(c1)CCN2. The van der Waals surface area contributed by atoms with Crippen molar-refractivity contribution in [1.29, 1.82) is 0 Å². The van der Waals surface area contributed by atoms with Crippen LogP contribution in [0.15, 0.2) is 107 Å². The number of benzene rings is 4. The molecule has 6 heterocycles. The predicted molar refractivity (Wildman–Crippen MR) is 264 cm³/mol. The number of carboxylic acids is 1. The second kappa shape index (κ2) is 22.4. The summed E-state index contributed by atoms with van der Waals surface area (Å²) in [5, 5.41) is 20.1. The number of nitrogens with zero attached hydrogens (tertiary/aromatic N) is 7. The molecule has 0 radical (unpaired) electrons. The highest BCUT2D eigenvalue weighted by molar-refractivity contribution is 6.44. The Balaban J connectivity index is 0.000000157. The number of nitrogens with one attached hydrogen (secondary N) is 1. The average Bonchev–Trinajstić information content (AvgIpc) is 4.18. The number of piperazine rings is 2. The fraction of sp³-hybridized carbons (Fsp3) is 0.462. The van der Waals surface area contributed by atoms with Gasteiger partial charge in [-0.1, -0.05) is 71.0 Å². The molecule has 10 rings (SSSR count). The minimum absolute atomic E-state index is 0.0194. The van der Waals surface area contributed by atoms with E-state index in [9.17, 15) is 9.59 Å². The Morgan fingerprint density at radius 1 is 0.612 bits per heavy atom. The number of carbonyl (C=O) groups is 2. The van der Waals surface area contributed by atoms with E-state index in [2.05, 4.69) is 97.6 Å². The van der Waals surface area contributed by atoms with E-state index in [1.54, 1.807) is 0 Å². The first-order valence-electron chi connectivity index (χ1n) is 23.9. The van der Waals surface area contributed by atoms with Crippen molar-refractivity contribution in [2.75, 3.05) is 98.6 Å². The molecule has 2 fully saturated rings. The van der Waals surface area contributed by atoms with Crippen LogP contribution in [0.2, 0.25) is 0 Å². The van der Waals surface area contributed by atoms with Crippen molar-refractivity contribution in [3.05, 3.63) is 108 Å². The molecule has 6 aliphatic rings. The number of para-hydroxylation sites is 6. The van der Waals surface area contributed by atoms with Crippen LogP contribution in [0.25, 0.3) is 0 Å². The van der Waals surface area contributed by atoms with Gasteiger partial charge in [-0.15, -0.1) is 0 Å². The molecule has 1 amide bonds. The van der Waals surface area contributed by atoms with Crippen LogP contribution in [0.1, 0.15) is 51.7 Å². The van der Waals surface area contributed by atoms with Crippen molar-refractivity contribution in [2.24, 2.45) is 10.3 Å². The molecule has 15 heteroatoms. The Bertz CT molecular complexity index is 2330. The number of hydrogen-bond acceptors (Lipinski definition) is 13. The maximum absolute atomic E-state index is 13.0. The second-order valence-electron chi connectivity index (χ2n) is 18.3. The van der Waals surface area contributed by atoms with Gasteiger partial charge in [0, 0.05) is 103 Å². The van der Waals surface area contributed by atoms with Crippen LogP contribution in [0.5, 0.6) is 11.5 Å². The van der Waals surface area contributed by atoms with Crippen LogP contribution in [-0.2, 0) is 32.1 Å². The summed E-state index contributed by atoms with van der Waals surface area (Å²) in [5.74, 6) is 0.854. The topological polar surface area (TPSA) is 144 Å². The van der Waals surface area contributed by atoms with Crippen molar-refractivity contribution in [2.45, 2.75) is 77.8 Å². The summed E-state index contributed by atoms with van der Waals surface area (Å²) in [7, 11) is 0. The van der Waals surface area contributed by atoms with Gasteiger partial charge >= 0.3 is 5.97 Å². The summed E-state index contributed by atoms with van der Waals surface area (Å²) in [6, 6.07) is 33.0. The molecule has 0 saturated carbocycles. The zero-order chi connectivity index (χ0) is 46.7. The zero-order valence-corrected chi connectivity index (χ0v) is 39.4. The molecule has 4 aromatic rings. The number of hydrogen-bond donors (Lipinski definition) is 2.